The van der Waals surface area contributed by atoms with Crippen molar-refractivity contribution in [1.82, 2.24) is 9.80 Å². The molecule has 0 aromatic rings. The second kappa shape index (κ2) is 6.58. The van der Waals surface area contributed by atoms with Crippen molar-refractivity contribution in [3.8, 4) is 0 Å². The molecule has 0 spiro atoms. The van der Waals surface area contributed by atoms with E-state index in [1.807, 2.05) is 4.90 Å². The van der Waals surface area contributed by atoms with E-state index in [1.165, 1.54) is 0 Å². The maximum absolute atomic E-state index is 11.7. The summed E-state index contributed by atoms with van der Waals surface area (Å²) in [7, 11) is 0. The van der Waals surface area contributed by atoms with E-state index in [0.29, 0.717) is 31.9 Å². The Morgan fingerprint density at radius 1 is 1.25 bits per heavy atom. The summed E-state index contributed by atoms with van der Waals surface area (Å²) in [6, 6.07) is 0. The minimum Gasteiger partial charge on any atom is -0.339 e. The highest BCUT2D eigenvalue weighted by molar-refractivity contribution is 8.00. The number of hydrogen-bond donors (Lipinski definition) is 0. The van der Waals surface area contributed by atoms with E-state index in [9.17, 15) is 9.59 Å². The standard InChI is InChI=1S/C11H18N2O2S/c1-3-8-16-9-11(15)13-6-4-12(5-7-13)10(2)14/h3H,1,4-9H2,2H3. The van der Waals surface area contributed by atoms with Crippen molar-refractivity contribution >= 4 is 23.6 Å². The monoisotopic (exact) mass is 242 g/mol. The van der Waals surface area contributed by atoms with Crippen LogP contribution in [0.25, 0.3) is 0 Å². The van der Waals surface area contributed by atoms with E-state index in [4.69, 9.17) is 0 Å². The van der Waals surface area contributed by atoms with Crippen LogP contribution in [0.4, 0.5) is 0 Å². The van der Waals surface area contributed by atoms with Crippen molar-refractivity contribution in [2.45, 2.75) is 6.92 Å². The Hall–Kier alpha value is -0.970. The summed E-state index contributed by atoms with van der Waals surface area (Å²) in [5.41, 5.74) is 0. The fourth-order valence-electron chi connectivity index (χ4n) is 1.59. The first-order valence-corrected chi connectivity index (χ1v) is 6.52. The van der Waals surface area contributed by atoms with Crippen molar-refractivity contribution in [3.63, 3.8) is 0 Å². The Morgan fingerprint density at radius 2 is 1.81 bits per heavy atom. The zero-order chi connectivity index (χ0) is 12.0. The number of carbonyl (C=O) groups is 2. The first-order chi connectivity index (χ1) is 7.65. The van der Waals surface area contributed by atoms with Gasteiger partial charge in [0.05, 0.1) is 5.75 Å². The first kappa shape index (κ1) is 13.1. The highest BCUT2D eigenvalue weighted by Gasteiger charge is 2.21. The summed E-state index contributed by atoms with van der Waals surface area (Å²) in [5.74, 6) is 1.56. The number of rotatable bonds is 4. The van der Waals surface area contributed by atoms with Crippen LogP contribution in [-0.4, -0.2) is 59.3 Å². The average molecular weight is 242 g/mol. The minimum absolute atomic E-state index is 0.0909. The van der Waals surface area contributed by atoms with Gasteiger partial charge in [0.2, 0.25) is 11.8 Å². The third-order valence-corrected chi connectivity index (χ3v) is 3.46. The summed E-state index contributed by atoms with van der Waals surface area (Å²) in [6.07, 6.45) is 1.80. The van der Waals surface area contributed by atoms with Gasteiger partial charge < -0.3 is 9.80 Å². The average Bonchev–Trinajstić information content (AvgIpc) is 2.29. The fraction of sp³-hybridized carbons (Fsp3) is 0.636. The lowest BCUT2D eigenvalue weighted by Gasteiger charge is -2.34. The zero-order valence-electron chi connectivity index (χ0n) is 9.65. The van der Waals surface area contributed by atoms with E-state index in [2.05, 4.69) is 6.58 Å². The SMILES string of the molecule is C=CCSCC(=O)N1CCN(C(C)=O)CC1. The van der Waals surface area contributed by atoms with E-state index in [0.717, 1.165) is 5.75 Å². The molecular formula is C11H18N2O2S. The van der Waals surface area contributed by atoms with Crippen LogP contribution in [0, 0.1) is 0 Å². The predicted molar refractivity (Wildman–Crippen MR) is 66.4 cm³/mol. The summed E-state index contributed by atoms with van der Waals surface area (Å²) < 4.78 is 0. The summed E-state index contributed by atoms with van der Waals surface area (Å²) in [4.78, 5) is 26.4. The molecule has 0 N–H and O–H groups in total. The highest BCUT2D eigenvalue weighted by atomic mass is 32.2. The van der Waals surface area contributed by atoms with Gasteiger partial charge in [0.25, 0.3) is 0 Å². The van der Waals surface area contributed by atoms with Crippen LogP contribution in [0.3, 0.4) is 0 Å². The molecule has 90 valence electrons. The maximum Gasteiger partial charge on any atom is 0.232 e. The third kappa shape index (κ3) is 3.89. The van der Waals surface area contributed by atoms with Crippen LogP contribution in [0.2, 0.25) is 0 Å². The van der Waals surface area contributed by atoms with E-state index in [-0.39, 0.29) is 11.8 Å². The van der Waals surface area contributed by atoms with E-state index < -0.39 is 0 Å². The molecule has 0 aromatic carbocycles. The molecule has 1 aliphatic heterocycles. The van der Waals surface area contributed by atoms with Gasteiger partial charge in [-0.15, -0.1) is 18.3 Å². The molecule has 0 aromatic heterocycles. The molecule has 1 aliphatic rings. The molecular weight excluding hydrogens is 224 g/mol. The number of hydrogen-bond acceptors (Lipinski definition) is 3. The molecule has 1 fully saturated rings. The molecule has 0 aliphatic carbocycles. The summed E-state index contributed by atoms with van der Waals surface area (Å²) in [5, 5.41) is 0. The van der Waals surface area contributed by atoms with Gasteiger partial charge in [-0.05, 0) is 0 Å². The molecule has 1 rings (SSSR count). The van der Waals surface area contributed by atoms with Gasteiger partial charge in [-0.3, -0.25) is 9.59 Å². The lowest BCUT2D eigenvalue weighted by atomic mass is 10.3. The summed E-state index contributed by atoms with van der Waals surface area (Å²) >= 11 is 1.57. The van der Waals surface area contributed by atoms with Crippen LogP contribution >= 0.6 is 11.8 Å². The highest BCUT2D eigenvalue weighted by Crippen LogP contribution is 2.06. The van der Waals surface area contributed by atoms with Gasteiger partial charge >= 0.3 is 0 Å². The van der Waals surface area contributed by atoms with Gasteiger partial charge in [0, 0.05) is 38.9 Å². The van der Waals surface area contributed by atoms with Crippen molar-refractivity contribution in [1.29, 1.82) is 0 Å². The number of carbonyl (C=O) groups excluding carboxylic acids is 2. The topological polar surface area (TPSA) is 40.6 Å². The van der Waals surface area contributed by atoms with E-state index in [1.54, 1.807) is 29.7 Å². The van der Waals surface area contributed by atoms with Crippen molar-refractivity contribution in [2.24, 2.45) is 0 Å². The smallest absolute Gasteiger partial charge is 0.232 e. The zero-order valence-corrected chi connectivity index (χ0v) is 10.5. The Bertz CT molecular complexity index is 273. The molecule has 0 radical (unpaired) electrons. The van der Waals surface area contributed by atoms with Crippen molar-refractivity contribution in [2.75, 3.05) is 37.7 Å². The van der Waals surface area contributed by atoms with Crippen molar-refractivity contribution in [3.05, 3.63) is 12.7 Å². The van der Waals surface area contributed by atoms with Gasteiger partial charge in [-0.1, -0.05) is 6.08 Å². The molecule has 1 heterocycles. The summed E-state index contributed by atoms with van der Waals surface area (Å²) in [6.45, 7) is 7.82. The number of nitrogens with zero attached hydrogens (tertiary/aromatic N) is 2. The Kier molecular flexibility index (Phi) is 5.38. The molecule has 0 unspecified atom stereocenters. The molecule has 0 saturated carbocycles. The largest absolute Gasteiger partial charge is 0.339 e. The molecule has 16 heavy (non-hydrogen) atoms. The van der Waals surface area contributed by atoms with Crippen LogP contribution in [0.5, 0.6) is 0 Å². The predicted octanol–water partition coefficient (Wildman–Crippen LogP) is 0.596. The van der Waals surface area contributed by atoms with Crippen LogP contribution < -0.4 is 0 Å². The molecule has 0 bridgehead atoms. The Balaban J connectivity index is 2.27. The fourth-order valence-corrected chi connectivity index (χ4v) is 2.23. The third-order valence-electron chi connectivity index (χ3n) is 2.54. The second-order valence-electron chi connectivity index (χ2n) is 3.69. The lowest BCUT2D eigenvalue weighted by Crippen LogP contribution is -2.50. The molecule has 0 atom stereocenters. The number of amides is 2. The van der Waals surface area contributed by atoms with Crippen LogP contribution in [-0.2, 0) is 9.59 Å². The molecule has 2 amide bonds. The normalized spacial score (nSPS) is 16.1. The molecule has 4 nitrogen and oxygen atoms in total. The lowest BCUT2D eigenvalue weighted by molar-refractivity contribution is -0.136. The Morgan fingerprint density at radius 3 is 2.31 bits per heavy atom. The molecule has 1 saturated heterocycles. The molecule has 5 heteroatoms. The van der Waals surface area contributed by atoms with Gasteiger partial charge in [-0.2, -0.15) is 0 Å². The number of thioether (sulfide) groups is 1. The van der Waals surface area contributed by atoms with Gasteiger partial charge in [0.15, 0.2) is 0 Å². The van der Waals surface area contributed by atoms with E-state index >= 15 is 0 Å². The van der Waals surface area contributed by atoms with Gasteiger partial charge in [0.1, 0.15) is 0 Å². The quantitative estimate of drug-likeness (QED) is 0.535. The first-order valence-electron chi connectivity index (χ1n) is 5.37. The maximum atomic E-state index is 11.7. The van der Waals surface area contributed by atoms with Crippen LogP contribution in [0.1, 0.15) is 6.92 Å². The van der Waals surface area contributed by atoms with Crippen LogP contribution in [0.15, 0.2) is 12.7 Å². The van der Waals surface area contributed by atoms with Crippen molar-refractivity contribution < 1.29 is 9.59 Å². The van der Waals surface area contributed by atoms with Gasteiger partial charge in [-0.25, -0.2) is 0 Å². The minimum atomic E-state index is 0.0909. The second-order valence-corrected chi connectivity index (χ2v) is 4.72. The number of piperazine rings is 1. The Labute approximate surface area is 101 Å².